The molecular weight excluding hydrogens is 524 g/mol. The summed E-state index contributed by atoms with van der Waals surface area (Å²) in [4.78, 5) is 15.8. The molecule has 0 saturated carbocycles. The van der Waals surface area contributed by atoms with Gasteiger partial charge in [-0.1, -0.05) is 6.07 Å². The van der Waals surface area contributed by atoms with Gasteiger partial charge in [-0.15, -0.1) is 11.3 Å². The molecule has 2 aromatic carbocycles. The number of hydrogen-bond acceptors (Lipinski definition) is 6. The van der Waals surface area contributed by atoms with Crippen molar-refractivity contribution in [2.45, 2.75) is 6.18 Å². The molecule has 0 radical (unpaired) electrons. The fraction of sp³-hybridized carbons (Fsp3) is 0.0588. The molecule has 0 atom stereocenters. The van der Waals surface area contributed by atoms with Crippen molar-refractivity contribution in [3.05, 3.63) is 64.2 Å². The Bertz CT molecular complexity index is 1070. The molecule has 0 unspecified atom stereocenters. The second kappa shape index (κ2) is 8.42. The first-order chi connectivity index (χ1) is 13.7. The van der Waals surface area contributed by atoms with Crippen molar-refractivity contribution in [2.75, 3.05) is 8.59 Å². The Hall–Kier alpha value is -2.58. The van der Waals surface area contributed by atoms with Crippen LogP contribution in [0.2, 0.25) is 0 Å². The molecule has 0 fully saturated rings. The molecule has 1 aromatic heterocycles. The van der Waals surface area contributed by atoms with Crippen LogP contribution in [-0.2, 0) is 9.25 Å². The predicted octanol–water partition coefficient (Wildman–Crippen LogP) is 5.21. The Kier molecular flexibility index (Phi) is 6.14. The minimum atomic E-state index is -4.47. The number of thiazole rings is 1. The fourth-order valence-electron chi connectivity index (χ4n) is 2.40. The van der Waals surface area contributed by atoms with Crippen LogP contribution in [-0.4, -0.2) is 10.9 Å². The molecule has 0 aliphatic carbocycles. The number of nitrogens with zero attached hydrogens (tertiary/aromatic N) is 2. The van der Waals surface area contributed by atoms with E-state index in [1.165, 1.54) is 30.3 Å². The van der Waals surface area contributed by atoms with Crippen LogP contribution in [0.15, 0.2) is 47.8 Å². The Morgan fingerprint density at radius 1 is 1.24 bits per heavy atom. The number of halogens is 4. The number of rotatable bonds is 6. The molecule has 0 aliphatic rings. The zero-order valence-corrected chi connectivity index (χ0v) is 17.2. The number of benzene rings is 2. The molecule has 3 aromatic rings. The molecule has 0 aliphatic heterocycles. The molecule has 12 heteroatoms. The van der Waals surface area contributed by atoms with E-state index in [0.29, 0.717) is 16.4 Å². The van der Waals surface area contributed by atoms with Crippen molar-refractivity contribution in [2.24, 2.45) is 5.73 Å². The van der Waals surface area contributed by atoms with Crippen molar-refractivity contribution in [1.82, 2.24) is 4.98 Å². The molecule has 1 heterocycles. The second-order valence-electron chi connectivity index (χ2n) is 5.69. The number of nitrogens with two attached hydrogens (primary N) is 1. The third kappa shape index (κ3) is 5.07. The van der Waals surface area contributed by atoms with Gasteiger partial charge in [0.1, 0.15) is 0 Å². The van der Waals surface area contributed by atoms with Crippen molar-refractivity contribution in [3.8, 4) is 11.3 Å². The number of hydrogen-bond donors (Lipinski definition) is 2. The lowest BCUT2D eigenvalue weighted by molar-refractivity contribution is -0.137. The first-order valence-electron chi connectivity index (χ1n) is 7.77. The maximum absolute atomic E-state index is 12.8. The molecule has 0 spiro atoms. The van der Waals surface area contributed by atoms with Gasteiger partial charge in [-0.25, -0.2) is 8.05 Å². The normalized spacial score (nSPS) is 11.3. The van der Waals surface area contributed by atoms with Crippen LogP contribution >= 0.6 is 32.8 Å². The van der Waals surface area contributed by atoms with Crippen LogP contribution in [0.1, 0.15) is 15.9 Å². The van der Waals surface area contributed by atoms with Crippen LogP contribution in [0.3, 0.4) is 0 Å². The van der Waals surface area contributed by atoms with Gasteiger partial charge < -0.3 is 19.5 Å². The highest BCUT2D eigenvalue weighted by molar-refractivity contribution is 14.1. The first-order valence-corrected chi connectivity index (χ1v) is 10.5. The summed E-state index contributed by atoms with van der Waals surface area (Å²) in [5, 5.41) is 16.4. The average molecular weight is 535 g/mol. The standard InChI is InChI=1S/C17H11F3IN4O3S/c18-17(19,20)11-2-1-3-12(7-11)23-16-24-14(8-29-16)9-4-10(15(22)26)6-13(5-9)25(28)21-27/h1-8H,(H2,22,26)(H,23,24)/q-1. The summed E-state index contributed by atoms with van der Waals surface area (Å²) in [5.74, 6) is -0.775. The number of carbonyl (C=O) groups excluding carboxylic acids is 1. The first kappa shape index (κ1) is 21.1. The minimum absolute atomic E-state index is 0.000474. The molecule has 7 nitrogen and oxygen atoms in total. The van der Waals surface area contributed by atoms with Crippen molar-refractivity contribution < 1.29 is 21.0 Å². The SMILES string of the molecule is NC(=O)c1cc(-c2csc(Nc3cccc(C(F)(F)F)c3)n2)cc(N([O-])I=O)c1. The highest BCUT2D eigenvalue weighted by Gasteiger charge is 2.30. The summed E-state index contributed by atoms with van der Waals surface area (Å²) in [6, 6.07) is 8.71. The summed E-state index contributed by atoms with van der Waals surface area (Å²) < 4.78 is 49.8. The summed E-state index contributed by atoms with van der Waals surface area (Å²) in [6.45, 7) is 0. The number of amides is 1. The third-order valence-electron chi connectivity index (χ3n) is 3.71. The van der Waals surface area contributed by atoms with E-state index in [2.05, 4.69) is 10.3 Å². The van der Waals surface area contributed by atoms with Crippen LogP contribution in [0.4, 0.5) is 29.7 Å². The van der Waals surface area contributed by atoms with Crippen molar-refractivity contribution in [3.63, 3.8) is 0 Å². The topological polar surface area (TPSA) is 111 Å². The van der Waals surface area contributed by atoms with Gasteiger partial charge in [0.25, 0.3) is 21.5 Å². The van der Waals surface area contributed by atoms with E-state index in [1.54, 1.807) is 5.38 Å². The Balaban J connectivity index is 1.91. The van der Waals surface area contributed by atoms with Crippen LogP contribution in [0.25, 0.3) is 11.3 Å². The number of aromatic nitrogens is 1. The van der Waals surface area contributed by atoms with E-state index in [9.17, 15) is 26.2 Å². The lowest BCUT2D eigenvalue weighted by atomic mass is 10.1. The fourth-order valence-corrected chi connectivity index (χ4v) is 3.65. The van der Waals surface area contributed by atoms with E-state index in [4.69, 9.17) is 5.73 Å². The molecule has 29 heavy (non-hydrogen) atoms. The van der Waals surface area contributed by atoms with Crippen LogP contribution in [0, 0.1) is 5.21 Å². The molecule has 152 valence electrons. The Labute approximate surface area is 176 Å². The monoisotopic (exact) mass is 535 g/mol. The lowest BCUT2D eigenvalue weighted by Gasteiger charge is -2.21. The Morgan fingerprint density at radius 3 is 2.66 bits per heavy atom. The van der Waals surface area contributed by atoms with Crippen molar-refractivity contribution in [1.29, 1.82) is 0 Å². The smallest absolute Gasteiger partial charge is 0.416 e. The quantitative estimate of drug-likeness (QED) is 0.255. The summed E-state index contributed by atoms with van der Waals surface area (Å²) in [7, 11) is 0. The van der Waals surface area contributed by atoms with E-state index >= 15 is 0 Å². The molecular formula is C17H11F3IN4O3S-. The third-order valence-corrected chi connectivity index (χ3v) is 5.38. The number of nitrogens with one attached hydrogen (secondary N) is 1. The number of alkyl halides is 3. The largest absolute Gasteiger partial charge is 0.748 e. The molecule has 0 bridgehead atoms. The minimum Gasteiger partial charge on any atom is -0.748 e. The maximum Gasteiger partial charge on any atom is 0.416 e. The summed E-state index contributed by atoms with van der Waals surface area (Å²) in [6.07, 6.45) is -4.47. The zero-order valence-electron chi connectivity index (χ0n) is 14.2. The molecule has 0 saturated heterocycles. The second-order valence-corrected chi connectivity index (χ2v) is 7.82. The molecule has 3 N–H and O–H groups in total. The van der Waals surface area contributed by atoms with Gasteiger partial charge in [0, 0.05) is 27.9 Å². The van der Waals surface area contributed by atoms with E-state index in [-0.39, 0.29) is 20.2 Å². The predicted molar refractivity (Wildman–Crippen MR) is 111 cm³/mol. The van der Waals surface area contributed by atoms with Gasteiger partial charge in [0.2, 0.25) is 5.91 Å². The van der Waals surface area contributed by atoms with Crippen LogP contribution < -0.4 is 14.3 Å². The Morgan fingerprint density at radius 2 is 2.00 bits per heavy atom. The zero-order chi connectivity index (χ0) is 21.2. The van der Waals surface area contributed by atoms with E-state index in [0.717, 1.165) is 23.5 Å². The van der Waals surface area contributed by atoms with Gasteiger partial charge in [-0.3, -0.25) is 4.79 Å². The van der Waals surface area contributed by atoms with E-state index < -0.39 is 39.1 Å². The number of anilines is 3. The molecule has 1 amide bonds. The summed E-state index contributed by atoms with van der Waals surface area (Å²) in [5.41, 5.74) is 5.47. The average Bonchev–Trinajstić information content (AvgIpc) is 3.15. The highest BCUT2D eigenvalue weighted by atomic mass is 127. The highest BCUT2D eigenvalue weighted by Crippen LogP contribution is 2.34. The van der Waals surface area contributed by atoms with Crippen molar-refractivity contribution >= 4 is 55.2 Å². The van der Waals surface area contributed by atoms with Gasteiger partial charge >= 0.3 is 6.18 Å². The van der Waals surface area contributed by atoms with Crippen LogP contribution in [0.5, 0.6) is 0 Å². The number of carbonyl (C=O) groups is 1. The van der Waals surface area contributed by atoms with Gasteiger partial charge in [0.05, 0.1) is 11.3 Å². The van der Waals surface area contributed by atoms with Gasteiger partial charge in [0.15, 0.2) is 5.13 Å². The van der Waals surface area contributed by atoms with E-state index in [1.807, 2.05) is 0 Å². The van der Waals surface area contributed by atoms with Gasteiger partial charge in [-0.2, -0.15) is 13.2 Å². The number of primary amides is 1. The summed E-state index contributed by atoms with van der Waals surface area (Å²) >= 11 is -0.917. The lowest BCUT2D eigenvalue weighted by Crippen LogP contribution is -2.12. The maximum atomic E-state index is 12.8. The molecule has 3 rings (SSSR count). The van der Waals surface area contributed by atoms with Gasteiger partial charge in [-0.05, 0) is 36.4 Å².